The molecule has 2 aromatic carbocycles. The normalized spacial score (nSPS) is 11.1. The average molecular weight is 358 g/mol. The van der Waals surface area contributed by atoms with Crippen LogP contribution in [0.4, 0.5) is 5.69 Å². The van der Waals surface area contributed by atoms with Crippen LogP contribution in [0, 0.1) is 0 Å². The van der Waals surface area contributed by atoms with Crippen LogP contribution in [-0.2, 0) is 0 Å². The smallest absolute Gasteiger partial charge is 0.228 e. The molecular formula is C13H7BrCl2N2O. The molecule has 96 valence electrons. The molecule has 3 nitrogen and oxygen atoms in total. The van der Waals surface area contributed by atoms with Gasteiger partial charge in [0.2, 0.25) is 5.89 Å². The molecule has 0 amide bonds. The number of anilines is 1. The molecule has 0 saturated heterocycles. The van der Waals surface area contributed by atoms with E-state index in [1.54, 1.807) is 12.1 Å². The molecule has 1 aromatic heterocycles. The summed E-state index contributed by atoms with van der Waals surface area (Å²) in [6, 6.07) is 8.87. The minimum Gasteiger partial charge on any atom is -0.436 e. The predicted molar refractivity (Wildman–Crippen MR) is 81.6 cm³/mol. The summed E-state index contributed by atoms with van der Waals surface area (Å²) in [5.74, 6) is 0.433. The summed E-state index contributed by atoms with van der Waals surface area (Å²) < 4.78 is 6.45. The second-order valence-corrected chi connectivity index (χ2v) is 5.60. The highest BCUT2D eigenvalue weighted by molar-refractivity contribution is 9.10. The predicted octanol–water partition coefficient (Wildman–Crippen LogP) is 5.15. The molecular weight excluding hydrogens is 351 g/mol. The molecule has 6 heteroatoms. The van der Waals surface area contributed by atoms with Crippen molar-refractivity contribution in [2.24, 2.45) is 0 Å². The number of halogens is 3. The molecule has 1 heterocycles. The molecule has 0 aliphatic heterocycles. The molecule has 0 saturated carbocycles. The van der Waals surface area contributed by atoms with Crippen LogP contribution >= 0.6 is 39.1 Å². The first-order valence-electron chi connectivity index (χ1n) is 5.36. The van der Waals surface area contributed by atoms with E-state index in [4.69, 9.17) is 33.4 Å². The average Bonchev–Trinajstić information content (AvgIpc) is 2.76. The quantitative estimate of drug-likeness (QED) is 0.613. The molecule has 0 fully saturated rings. The Kier molecular flexibility index (Phi) is 3.17. The Hall–Kier alpha value is -1.23. The molecule has 19 heavy (non-hydrogen) atoms. The highest BCUT2D eigenvalue weighted by Crippen LogP contribution is 2.35. The lowest BCUT2D eigenvalue weighted by Crippen LogP contribution is -1.84. The van der Waals surface area contributed by atoms with Crippen LogP contribution in [0.5, 0.6) is 0 Å². The fraction of sp³-hybridized carbons (Fsp3) is 0. The lowest BCUT2D eigenvalue weighted by molar-refractivity contribution is 0.620. The molecule has 0 unspecified atom stereocenters. The molecule has 2 N–H and O–H groups in total. The molecule has 0 atom stereocenters. The van der Waals surface area contributed by atoms with E-state index in [2.05, 4.69) is 20.9 Å². The number of benzene rings is 2. The molecule has 3 aromatic rings. The van der Waals surface area contributed by atoms with Crippen molar-refractivity contribution >= 4 is 55.9 Å². The monoisotopic (exact) mass is 356 g/mol. The van der Waals surface area contributed by atoms with Crippen molar-refractivity contribution in [3.8, 4) is 11.5 Å². The van der Waals surface area contributed by atoms with Crippen molar-refractivity contribution in [1.29, 1.82) is 0 Å². The molecule has 0 aliphatic rings. The van der Waals surface area contributed by atoms with E-state index in [0.29, 0.717) is 38.3 Å². The van der Waals surface area contributed by atoms with Gasteiger partial charge in [-0.05, 0) is 34.1 Å². The Labute approximate surface area is 127 Å². The van der Waals surface area contributed by atoms with E-state index in [-0.39, 0.29) is 0 Å². The Morgan fingerprint density at radius 3 is 2.79 bits per heavy atom. The maximum atomic E-state index is 6.22. The number of oxazole rings is 1. The van der Waals surface area contributed by atoms with Gasteiger partial charge < -0.3 is 10.2 Å². The van der Waals surface area contributed by atoms with Gasteiger partial charge in [0.1, 0.15) is 5.52 Å². The van der Waals surface area contributed by atoms with Gasteiger partial charge >= 0.3 is 0 Å². The largest absolute Gasteiger partial charge is 0.436 e. The van der Waals surface area contributed by atoms with Crippen molar-refractivity contribution in [2.45, 2.75) is 0 Å². The van der Waals surface area contributed by atoms with Crippen molar-refractivity contribution in [3.63, 3.8) is 0 Å². The first kappa shape index (κ1) is 12.8. The fourth-order valence-corrected chi connectivity index (χ4v) is 2.48. The number of fused-ring (bicyclic) bond motifs is 1. The van der Waals surface area contributed by atoms with Gasteiger partial charge in [-0.2, -0.15) is 0 Å². The van der Waals surface area contributed by atoms with Crippen molar-refractivity contribution in [3.05, 3.63) is 44.8 Å². The Balaban J connectivity index is 2.23. The molecule has 0 aliphatic carbocycles. The summed E-state index contributed by atoms with van der Waals surface area (Å²) in [7, 11) is 0. The summed E-state index contributed by atoms with van der Waals surface area (Å²) in [6.45, 7) is 0. The SMILES string of the molecule is Nc1cc2oc(-c3cccc(Br)c3Cl)nc2cc1Cl. The Bertz CT molecular complexity index is 747. The van der Waals surface area contributed by atoms with E-state index < -0.39 is 0 Å². The van der Waals surface area contributed by atoms with Crippen LogP contribution in [-0.4, -0.2) is 4.98 Å². The van der Waals surface area contributed by atoms with Crippen molar-refractivity contribution in [1.82, 2.24) is 4.98 Å². The van der Waals surface area contributed by atoms with Gasteiger partial charge in [-0.15, -0.1) is 0 Å². The number of nitrogens with two attached hydrogens (primary N) is 1. The second kappa shape index (κ2) is 4.71. The summed E-state index contributed by atoms with van der Waals surface area (Å²) in [4.78, 5) is 4.37. The maximum absolute atomic E-state index is 6.22. The number of rotatable bonds is 1. The van der Waals surface area contributed by atoms with Crippen LogP contribution in [0.3, 0.4) is 0 Å². The van der Waals surface area contributed by atoms with E-state index in [1.165, 1.54) is 0 Å². The lowest BCUT2D eigenvalue weighted by Gasteiger charge is -2.00. The number of nitrogens with zero attached hydrogens (tertiary/aromatic N) is 1. The number of aromatic nitrogens is 1. The molecule has 0 bridgehead atoms. The van der Waals surface area contributed by atoms with E-state index >= 15 is 0 Å². The van der Waals surface area contributed by atoms with Crippen LogP contribution in [0.25, 0.3) is 22.6 Å². The zero-order valence-corrected chi connectivity index (χ0v) is 12.6. The van der Waals surface area contributed by atoms with Gasteiger partial charge in [-0.25, -0.2) is 4.98 Å². The molecule has 3 rings (SSSR count). The standard InChI is InChI=1S/C13H7BrCl2N2O/c14-7-3-1-2-6(12(7)16)13-18-10-4-8(15)9(17)5-11(10)19-13/h1-5H,17H2. The topological polar surface area (TPSA) is 52.0 Å². The minimum absolute atomic E-state index is 0.433. The van der Waals surface area contributed by atoms with Gasteiger partial charge in [-0.1, -0.05) is 29.3 Å². The zero-order chi connectivity index (χ0) is 13.6. The third-order valence-corrected chi connectivity index (χ3v) is 4.31. The summed E-state index contributed by atoms with van der Waals surface area (Å²) in [6.07, 6.45) is 0. The van der Waals surface area contributed by atoms with Crippen LogP contribution in [0.1, 0.15) is 0 Å². The van der Waals surface area contributed by atoms with Crippen LogP contribution in [0.15, 0.2) is 39.2 Å². The second-order valence-electron chi connectivity index (χ2n) is 3.96. The number of hydrogen-bond donors (Lipinski definition) is 1. The van der Waals surface area contributed by atoms with Gasteiger partial charge in [0.05, 0.1) is 21.3 Å². The number of hydrogen-bond acceptors (Lipinski definition) is 3. The van der Waals surface area contributed by atoms with Gasteiger partial charge in [0.15, 0.2) is 5.58 Å². The third kappa shape index (κ3) is 2.20. The van der Waals surface area contributed by atoms with Gasteiger partial charge in [-0.3, -0.25) is 0 Å². The lowest BCUT2D eigenvalue weighted by atomic mass is 10.2. The summed E-state index contributed by atoms with van der Waals surface area (Å²) in [5.41, 5.74) is 8.12. The maximum Gasteiger partial charge on any atom is 0.228 e. The zero-order valence-electron chi connectivity index (χ0n) is 9.45. The van der Waals surface area contributed by atoms with Gasteiger partial charge in [0.25, 0.3) is 0 Å². The Morgan fingerprint density at radius 1 is 1.21 bits per heavy atom. The van der Waals surface area contributed by atoms with E-state index in [0.717, 1.165) is 4.47 Å². The highest BCUT2D eigenvalue weighted by atomic mass is 79.9. The molecule has 0 spiro atoms. The summed E-state index contributed by atoms with van der Waals surface area (Å²) >= 11 is 15.5. The minimum atomic E-state index is 0.433. The van der Waals surface area contributed by atoms with Crippen molar-refractivity contribution in [2.75, 3.05) is 5.73 Å². The van der Waals surface area contributed by atoms with Crippen LogP contribution < -0.4 is 5.73 Å². The first-order valence-corrected chi connectivity index (χ1v) is 6.91. The molecule has 0 radical (unpaired) electrons. The van der Waals surface area contributed by atoms with E-state index in [9.17, 15) is 0 Å². The fourth-order valence-electron chi connectivity index (χ4n) is 1.75. The number of nitrogen functional groups attached to an aromatic ring is 1. The van der Waals surface area contributed by atoms with Crippen LogP contribution in [0.2, 0.25) is 10.0 Å². The highest BCUT2D eigenvalue weighted by Gasteiger charge is 2.14. The van der Waals surface area contributed by atoms with Gasteiger partial charge in [0, 0.05) is 10.5 Å². The Morgan fingerprint density at radius 2 is 2.00 bits per heavy atom. The van der Waals surface area contributed by atoms with Crippen molar-refractivity contribution < 1.29 is 4.42 Å². The van der Waals surface area contributed by atoms with E-state index in [1.807, 2.05) is 18.2 Å². The third-order valence-electron chi connectivity index (χ3n) is 2.69. The first-order chi connectivity index (χ1) is 9.06. The summed E-state index contributed by atoms with van der Waals surface area (Å²) in [5, 5.41) is 1.00.